The second-order valence-electron chi connectivity index (χ2n) is 6.96. The molecule has 2 nitrogen and oxygen atoms in total. The van der Waals surface area contributed by atoms with Crippen molar-refractivity contribution in [3.05, 3.63) is 129 Å². The zero-order valence-corrected chi connectivity index (χ0v) is 19.5. The molecule has 160 valence electrons. The largest absolute Gasteiger partial charge is 0.218 e. The maximum atomic E-state index is 13.7. The average Bonchev–Trinajstić information content (AvgIpc) is 2.83. The molecule has 5 heteroatoms. The van der Waals surface area contributed by atoms with E-state index in [0.29, 0.717) is 0 Å². The van der Waals surface area contributed by atoms with E-state index >= 15 is 0 Å². The molecule has 0 N–H and O–H groups in total. The lowest BCUT2D eigenvalue weighted by molar-refractivity contribution is 0.595. The molecule has 0 aromatic heterocycles. The average molecular weight is 487 g/mol. The normalized spacial score (nSPS) is 10.5. The van der Waals surface area contributed by atoms with Crippen LogP contribution in [0, 0.1) is 23.7 Å². The van der Waals surface area contributed by atoms with Gasteiger partial charge in [0.05, 0.1) is 31.0 Å². The first-order valence-electron chi connectivity index (χ1n) is 9.93. The first kappa shape index (κ1) is 22.7. The molecule has 0 fully saturated rings. The summed E-state index contributed by atoms with van der Waals surface area (Å²) >= 11 is 12.8. The van der Waals surface area contributed by atoms with Crippen molar-refractivity contribution in [2.75, 3.05) is 0 Å². The Labute approximate surface area is 203 Å². The quantitative estimate of drug-likeness (QED) is 0.298. The fourth-order valence-corrected chi connectivity index (χ4v) is 5.30. The topological polar surface area (TPSA) is 34.1 Å². The van der Waals surface area contributed by atoms with Crippen LogP contribution in [0.5, 0.6) is 0 Å². The van der Waals surface area contributed by atoms with Gasteiger partial charge in [-0.15, -0.1) is 0 Å². The highest BCUT2D eigenvalue weighted by molar-refractivity contribution is 7.91. The van der Waals surface area contributed by atoms with Gasteiger partial charge in [-0.3, -0.25) is 0 Å². The van der Waals surface area contributed by atoms with Gasteiger partial charge >= 0.3 is 0 Å². The number of halogens is 2. The van der Waals surface area contributed by atoms with E-state index in [0.717, 1.165) is 11.1 Å². The highest BCUT2D eigenvalue weighted by atomic mass is 35.5. The molecule has 0 saturated carbocycles. The Kier molecular flexibility index (Phi) is 6.87. The second-order valence-corrected chi connectivity index (χ2v) is 9.66. The van der Waals surface area contributed by atoms with Gasteiger partial charge in [0.1, 0.15) is 0 Å². The van der Waals surface area contributed by atoms with Crippen molar-refractivity contribution < 1.29 is 8.42 Å². The lowest BCUT2D eigenvalue weighted by atomic mass is 10.2. The molecule has 4 aromatic rings. The van der Waals surface area contributed by atoms with E-state index in [1.54, 1.807) is 24.3 Å². The number of hydrogen-bond acceptors (Lipinski definition) is 2. The minimum Gasteiger partial charge on any atom is -0.218 e. The molecule has 0 bridgehead atoms. The monoisotopic (exact) mass is 486 g/mol. The molecule has 0 aliphatic rings. The summed E-state index contributed by atoms with van der Waals surface area (Å²) in [5, 5.41) is 0.497. The van der Waals surface area contributed by atoms with Gasteiger partial charge in [-0.1, -0.05) is 95.4 Å². The standard InChI is InChI=1S/C28H16Cl2O2S/c29-25-13-7-15-27(23(25)19-17-21-9-3-1-4-10-21)33(31,32)28-16-8-14-26(30)24(28)20-18-22-11-5-2-6-12-22/h1-16H. The van der Waals surface area contributed by atoms with Gasteiger partial charge < -0.3 is 0 Å². The smallest absolute Gasteiger partial charge is 0.209 e. The SMILES string of the molecule is O=S(=O)(c1cccc(Cl)c1C#Cc1ccccc1)c1cccc(Cl)c1C#Cc1ccccc1. The lowest BCUT2D eigenvalue weighted by Crippen LogP contribution is -2.07. The van der Waals surface area contributed by atoms with E-state index < -0.39 is 9.84 Å². The molecule has 4 rings (SSSR count). The van der Waals surface area contributed by atoms with Gasteiger partial charge in [0, 0.05) is 11.1 Å². The number of sulfone groups is 1. The minimum absolute atomic E-state index is 0.00320. The molecule has 0 spiro atoms. The van der Waals surface area contributed by atoms with Gasteiger partial charge in [-0.05, 0) is 48.5 Å². The van der Waals surface area contributed by atoms with E-state index in [1.807, 2.05) is 60.7 Å². The third-order valence-corrected chi connectivity index (χ3v) is 7.21. The summed E-state index contributed by atoms with van der Waals surface area (Å²) in [5.41, 5.74) is 1.95. The van der Waals surface area contributed by atoms with Crippen LogP contribution in [0.4, 0.5) is 0 Å². The minimum atomic E-state index is -4.03. The van der Waals surface area contributed by atoms with Crippen molar-refractivity contribution in [2.45, 2.75) is 9.79 Å². The third-order valence-electron chi connectivity index (χ3n) is 4.74. The number of benzene rings is 4. The Morgan fingerprint density at radius 2 is 0.879 bits per heavy atom. The Morgan fingerprint density at radius 1 is 0.485 bits per heavy atom. The van der Waals surface area contributed by atoms with Gasteiger partial charge in [-0.2, -0.15) is 0 Å². The van der Waals surface area contributed by atoms with Gasteiger partial charge in [-0.25, -0.2) is 8.42 Å². The molecule has 0 aliphatic carbocycles. The molecule has 0 unspecified atom stereocenters. The van der Waals surface area contributed by atoms with E-state index in [9.17, 15) is 8.42 Å². The van der Waals surface area contributed by atoms with Gasteiger partial charge in [0.2, 0.25) is 9.84 Å². The fraction of sp³-hybridized carbons (Fsp3) is 0. The van der Waals surface area contributed by atoms with Crippen molar-refractivity contribution in [3.63, 3.8) is 0 Å². The molecular weight excluding hydrogens is 471 g/mol. The maximum Gasteiger partial charge on any atom is 0.209 e. The van der Waals surface area contributed by atoms with E-state index in [1.165, 1.54) is 12.1 Å². The third kappa shape index (κ3) is 5.14. The summed E-state index contributed by atoms with van der Waals surface area (Å²) in [6.45, 7) is 0. The van der Waals surface area contributed by atoms with Crippen LogP contribution in [0.2, 0.25) is 10.0 Å². The highest BCUT2D eigenvalue weighted by Crippen LogP contribution is 2.32. The molecule has 0 radical (unpaired) electrons. The molecule has 0 atom stereocenters. The van der Waals surface area contributed by atoms with Crippen LogP contribution < -0.4 is 0 Å². The molecular formula is C28H16Cl2O2S. The molecule has 0 saturated heterocycles. The highest BCUT2D eigenvalue weighted by Gasteiger charge is 2.25. The van der Waals surface area contributed by atoms with Gasteiger partial charge in [0.15, 0.2) is 0 Å². The summed E-state index contributed by atoms with van der Waals surface area (Å²) < 4.78 is 27.5. The zero-order chi connectivity index (χ0) is 23.3. The van der Waals surface area contributed by atoms with Crippen molar-refractivity contribution >= 4 is 33.0 Å². The van der Waals surface area contributed by atoms with Crippen LogP contribution >= 0.6 is 23.2 Å². The fourth-order valence-electron chi connectivity index (χ4n) is 3.13. The summed E-state index contributed by atoms with van der Waals surface area (Å²) in [5.74, 6) is 11.8. The second kappa shape index (κ2) is 9.99. The Bertz CT molecular complexity index is 1430. The Balaban J connectivity index is 1.86. The van der Waals surface area contributed by atoms with Crippen LogP contribution in [0.25, 0.3) is 0 Å². The van der Waals surface area contributed by atoms with Crippen molar-refractivity contribution in [3.8, 4) is 23.7 Å². The van der Waals surface area contributed by atoms with Crippen molar-refractivity contribution in [2.24, 2.45) is 0 Å². The maximum absolute atomic E-state index is 13.7. The molecule has 0 amide bonds. The predicted molar refractivity (Wildman–Crippen MR) is 133 cm³/mol. The summed E-state index contributed by atoms with van der Waals surface area (Å²) in [4.78, 5) is 0.00641. The molecule has 4 aromatic carbocycles. The summed E-state index contributed by atoms with van der Waals surface area (Å²) in [7, 11) is -4.03. The lowest BCUT2D eigenvalue weighted by Gasteiger charge is -2.11. The predicted octanol–water partition coefficient (Wildman–Crippen LogP) is 6.63. The molecule has 0 aliphatic heterocycles. The number of hydrogen-bond donors (Lipinski definition) is 0. The summed E-state index contributed by atoms with van der Waals surface area (Å²) in [6, 6.07) is 27.9. The van der Waals surface area contributed by atoms with E-state index in [-0.39, 0.29) is 31.0 Å². The molecule has 0 heterocycles. The Morgan fingerprint density at radius 3 is 1.27 bits per heavy atom. The van der Waals surface area contributed by atoms with Crippen LogP contribution in [0.15, 0.2) is 107 Å². The van der Waals surface area contributed by atoms with Crippen LogP contribution in [0.1, 0.15) is 22.3 Å². The summed E-state index contributed by atoms with van der Waals surface area (Å²) in [6.07, 6.45) is 0. The van der Waals surface area contributed by atoms with Crippen molar-refractivity contribution in [1.82, 2.24) is 0 Å². The van der Waals surface area contributed by atoms with E-state index in [2.05, 4.69) is 23.7 Å². The molecule has 33 heavy (non-hydrogen) atoms. The van der Waals surface area contributed by atoms with Crippen molar-refractivity contribution in [1.29, 1.82) is 0 Å². The first-order valence-corrected chi connectivity index (χ1v) is 12.2. The van der Waals surface area contributed by atoms with Crippen LogP contribution in [-0.4, -0.2) is 8.42 Å². The first-order chi connectivity index (χ1) is 16.0. The van der Waals surface area contributed by atoms with Crippen LogP contribution in [-0.2, 0) is 9.84 Å². The van der Waals surface area contributed by atoms with Gasteiger partial charge in [0.25, 0.3) is 0 Å². The van der Waals surface area contributed by atoms with E-state index in [4.69, 9.17) is 23.2 Å². The Hall–Kier alpha value is -3.47. The zero-order valence-electron chi connectivity index (χ0n) is 17.2. The number of rotatable bonds is 2. The van der Waals surface area contributed by atoms with Crippen LogP contribution in [0.3, 0.4) is 0 Å².